The first-order valence-electron chi connectivity index (χ1n) is 7.18. The summed E-state index contributed by atoms with van der Waals surface area (Å²) in [5, 5.41) is 4.75. The second-order valence-corrected chi connectivity index (χ2v) is 6.29. The van der Waals surface area contributed by atoms with E-state index in [1.807, 2.05) is 11.8 Å². The van der Waals surface area contributed by atoms with Crippen LogP contribution in [-0.4, -0.2) is 23.0 Å². The molecule has 0 saturated carbocycles. The van der Waals surface area contributed by atoms with E-state index >= 15 is 0 Å². The molecule has 19 heavy (non-hydrogen) atoms. The highest BCUT2D eigenvalue weighted by atomic mass is 32.2. The SMILES string of the molecule is CCC1(CC)CSC(=NCCc2cccc(C)c2)N1. The van der Waals surface area contributed by atoms with Gasteiger partial charge in [-0.05, 0) is 31.7 Å². The quantitative estimate of drug-likeness (QED) is 0.885. The van der Waals surface area contributed by atoms with Gasteiger partial charge in [0.25, 0.3) is 0 Å². The lowest BCUT2D eigenvalue weighted by Gasteiger charge is -2.25. The Morgan fingerprint density at radius 3 is 2.74 bits per heavy atom. The Hall–Kier alpha value is -0.960. The first-order chi connectivity index (χ1) is 9.17. The molecule has 0 radical (unpaired) electrons. The molecule has 1 heterocycles. The standard InChI is InChI=1S/C16H24N2S/c1-4-16(5-2)12-19-15(18-16)17-10-9-14-8-6-7-13(3)11-14/h6-8,11H,4-5,9-10,12H2,1-3H3,(H,17,18). The lowest BCUT2D eigenvalue weighted by Crippen LogP contribution is -2.42. The van der Waals surface area contributed by atoms with Crippen LogP contribution in [0.15, 0.2) is 29.3 Å². The highest BCUT2D eigenvalue weighted by Gasteiger charge is 2.33. The zero-order valence-electron chi connectivity index (χ0n) is 12.2. The summed E-state index contributed by atoms with van der Waals surface area (Å²) in [6, 6.07) is 8.70. The Bertz CT molecular complexity index is 450. The molecular formula is C16H24N2S. The van der Waals surface area contributed by atoms with Gasteiger partial charge in [-0.15, -0.1) is 0 Å². The lowest BCUT2D eigenvalue weighted by molar-refractivity contribution is 0.407. The minimum atomic E-state index is 0.285. The fraction of sp³-hybridized carbons (Fsp3) is 0.562. The van der Waals surface area contributed by atoms with E-state index < -0.39 is 0 Å². The molecule has 1 aromatic rings. The summed E-state index contributed by atoms with van der Waals surface area (Å²) in [5.74, 6) is 1.16. The Balaban J connectivity index is 1.87. The van der Waals surface area contributed by atoms with E-state index in [-0.39, 0.29) is 5.54 Å². The predicted molar refractivity (Wildman–Crippen MR) is 86.1 cm³/mol. The molecule has 2 nitrogen and oxygen atoms in total. The number of aryl methyl sites for hydroxylation is 1. The van der Waals surface area contributed by atoms with Gasteiger partial charge in [-0.25, -0.2) is 0 Å². The van der Waals surface area contributed by atoms with Gasteiger partial charge in [-0.2, -0.15) is 0 Å². The molecule has 0 spiro atoms. The summed E-state index contributed by atoms with van der Waals surface area (Å²) in [4.78, 5) is 4.71. The Morgan fingerprint density at radius 2 is 2.11 bits per heavy atom. The number of aliphatic imine (C=N–C) groups is 1. The van der Waals surface area contributed by atoms with Crippen molar-refractivity contribution in [3.63, 3.8) is 0 Å². The van der Waals surface area contributed by atoms with Gasteiger partial charge in [0.15, 0.2) is 5.17 Å². The third-order valence-electron chi connectivity index (χ3n) is 3.95. The van der Waals surface area contributed by atoms with Crippen molar-refractivity contribution < 1.29 is 0 Å². The third-order valence-corrected chi connectivity index (χ3v) is 5.15. The van der Waals surface area contributed by atoms with E-state index in [2.05, 4.69) is 50.4 Å². The number of benzene rings is 1. The molecule has 0 aromatic heterocycles. The van der Waals surface area contributed by atoms with E-state index in [1.54, 1.807) is 0 Å². The summed E-state index contributed by atoms with van der Waals surface area (Å²) in [6.07, 6.45) is 3.37. The molecule has 0 bridgehead atoms. The van der Waals surface area contributed by atoms with Crippen molar-refractivity contribution >= 4 is 16.9 Å². The second kappa shape index (κ2) is 6.47. The fourth-order valence-electron chi connectivity index (χ4n) is 2.38. The molecule has 104 valence electrons. The van der Waals surface area contributed by atoms with Crippen LogP contribution in [0.5, 0.6) is 0 Å². The van der Waals surface area contributed by atoms with Crippen LogP contribution >= 0.6 is 11.8 Å². The number of amidine groups is 1. The average Bonchev–Trinajstić information content (AvgIpc) is 2.83. The average molecular weight is 276 g/mol. The predicted octanol–water partition coefficient (Wildman–Crippen LogP) is 3.79. The molecule has 3 heteroatoms. The normalized spacial score (nSPS) is 19.6. The first-order valence-corrected chi connectivity index (χ1v) is 8.17. The van der Waals surface area contributed by atoms with Crippen molar-refractivity contribution in [3.05, 3.63) is 35.4 Å². The summed E-state index contributed by atoms with van der Waals surface area (Å²) < 4.78 is 0. The number of hydrogen-bond donors (Lipinski definition) is 1. The molecule has 0 amide bonds. The fourth-order valence-corrected chi connectivity index (χ4v) is 3.74. The van der Waals surface area contributed by atoms with Gasteiger partial charge < -0.3 is 5.32 Å². The van der Waals surface area contributed by atoms with Gasteiger partial charge >= 0.3 is 0 Å². The summed E-state index contributed by atoms with van der Waals surface area (Å²) in [7, 11) is 0. The van der Waals surface area contributed by atoms with Crippen molar-refractivity contribution in [2.24, 2.45) is 4.99 Å². The van der Waals surface area contributed by atoms with E-state index in [4.69, 9.17) is 4.99 Å². The van der Waals surface area contributed by atoms with Crippen LogP contribution in [0.2, 0.25) is 0 Å². The minimum absolute atomic E-state index is 0.285. The van der Waals surface area contributed by atoms with Crippen molar-refractivity contribution in [3.8, 4) is 0 Å². The molecule has 0 unspecified atom stereocenters. The maximum absolute atomic E-state index is 4.71. The Morgan fingerprint density at radius 1 is 1.32 bits per heavy atom. The van der Waals surface area contributed by atoms with E-state index in [1.165, 1.54) is 24.0 Å². The number of nitrogens with zero attached hydrogens (tertiary/aromatic N) is 1. The van der Waals surface area contributed by atoms with Crippen molar-refractivity contribution in [1.29, 1.82) is 0 Å². The smallest absolute Gasteiger partial charge is 0.157 e. The highest BCUT2D eigenvalue weighted by Crippen LogP contribution is 2.28. The lowest BCUT2D eigenvalue weighted by atomic mass is 9.96. The van der Waals surface area contributed by atoms with Crippen molar-refractivity contribution in [1.82, 2.24) is 5.32 Å². The Kier molecular flexibility index (Phi) is 4.92. The van der Waals surface area contributed by atoms with E-state index in [0.717, 1.165) is 23.9 Å². The molecule has 1 saturated heterocycles. The van der Waals surface area contributed by atoms with Crippen LogP contribution in [0.1, 0.15) is 37.8 Å². The van der Waals surface area contributed by atoms with Crippen LogP contribution in [-0.2, 0) is 6.42 Å². The monoisotopic (exact) mass is 276 g/mol. The largest absolute Gasteiger partial charge is 0.359 e. The molecule has 1 aliphatic rings. The number of rotatable bonds is 5. The highest BCUT2D eigenvalue weighted by molar-refractivity contribution is 8.14. The minimum Gasteiger partial charge on any atom is -0.359 e. The van der Waals surface area contributed by atoms with Crippen LogP contribution in [0.4, 0.5) is 0 Å². The van der Waals surface area contributed by atoms with Gasteiger partial charge in [0.1, 0.15) is 0 Å². The molecule has 0 aliphatic carbocycles. The van der Waals surface area contributed by atoms with Gasteiger partial charge in [0.2, 0.25) is 0 Å². The molecule has 0 atom stereocenters. The van der Waals surface area contributed by atoms with E-state index in [0.29, 0.717) is 0 Å². The number of thioether (sulfide) groups is 1. The third kappa shape index (κ3) is 3.75. The summed E-state index contributed by atoms with van der Waals surface area (Å²) in [5.41, 5.74) is 2.99. The van der Waals surface area contributed by atoms with Gasteiger partial charge in [-0.1, -0.05) is 55.4 Å². The van der Waals surface area contributed by atoms with Crippen LogP contribution in [0, 0.1) is 6.92 Å². The first kappa shape index (κ1) is 14.4. The molecule has 1 aliphatic heterocycles. The molecule has 1 fully saturated rings. The van der Waals surface area contributed by atoms with Crippen LogP contribution in [0.3, 0.4) is 0 Å². The van der Waals surface area contributed by atoms with Crippen LogP contribution < -0.4 is 5.32 Å². The maximum Gasteiger partial charge on any atom is 0.157 e. The molecular weight excluding hydrogens is 252 g/mol. The van der Waals surface area contributed by atoms with Crippen LogP contribution in [0.25, 0.3) is 0 Å². The van der Waals surface area contributed by atoms with Gasteiger partial charge in [0, 0.05) is 17.8 Å². The molecule has 2 rings (SSSR count). The number of hydrogen-bond acceptors (Lipinski definition) is 2. The molecule has 1 aromatic carbocycles. The van der Waals surface area contributed by atoms with E-state index in [9.17, 15) is 0 Å². The summed E-state index contributed by atoms with van der Waals surface area (Å²) in [6.45, 7) is 7.53. The second-order valence-electron chi connectivity index (χ2n) is 5.33. The zero-order valence-corrected chi connectivity index (χ0v) is 13.0. The Labute approximate surface area is 121 Å². The van der Waals surface area contributed by atoms with Crippen molar-refractivity contribution in [2.75, 3.05) is 12.3 Å². The van der Waals surface area contributed by atoms with Crippen molar-refractivity contribution in [2.45, 2.75) is 45.6 Å². The van der Waals surface area contributed by atoms with Gasteiger partial charge in [0.05, 0.1) is 0 Å². The number of nitrogens with one attached hydrogen (secondary N) is 1. The van der Waals surface area contributed by atoms with Gasteiger partial charge in [-0.3, -0.25) is 4.99 Å². The molecule has 1 N–H and O–H groups in total. The summed E-state index contributed by atoms with van der Waals surface area (Å²) >= 11 is 1.88. The zero-order chi connectivity index (χ0) is 13.7. The maximum atomic E-state index is 4.71. The topological polar surface area (TPSA) is 24.4 Å².